The highest BCUT2D eigenvalue weighted by Gasteiger charge is 2.47. The normalized spacial score (nSPS) is 18.1. The summed E-state index contributed by atoms with van der Waals surface area (Å²) >= 11 is 18.3. The van der Waals surface area contributed by atoms with Crippen LogP contribution in [0.15, 0.2) is 66.7 Å². The van der Waals surface area contributed by atoms with Gasteiger partial charge in [-0.2, -0.15) is 0 Å². The Morgan fingerprint density at radius 1 is 0.852 bits per heavy atom. The number of hydrogen-bond acceptors (Lipinski definition) is 2. The van der Waals surface area contributed by atoms with Gasteiger partial charge in [-0.25, -0.2) is 0 Å². The van der Waals surface area contributed by atoms with Crippen molar-refractivity contribution in [3.63, 3.8) is 0 Å². The second-order valence-corrected chi connectivity index (χ2v) is 7.80. The monoisotopic (exact) mass is 416 g/mol. The lowest BCUT2D eigenvalue weighted by Gasteiger charge is -2.30. The Kier molecular flexibility index (Phi) is 4.77. The number of amides is 1. The van der Waals surface area contributed by atoms with Gasteiger partial charge in [0.15, 0.2) is 0 Å². The second-order valence-electron chi connectivity index (χ2n) is 6.49. The van der Waals surface area contributed by atoms with Gasteiger partial charge in [-0.05, 0) is 54.1 Å². The minimum atomic E-state index is -0.988. The van der Waals surface area contributed by atoms with E-state index in [1.54, 1.807) is 24.3 Å². The van der Waals surface area contributed by atoms with Gasteiger partial charge >= 0.3 is 0 Å². The highest BCUT2D eigenvalue weighted by atomic mass is 35.5. The van der Waals surface area contributed by atoms with Crippen LogP contribution in [0.2, 0.25) is 15.1 Å². The molecule has 1 heterocycles. The van der Waals surface area contributed by atoms with Gasteiger partial charge in [-0.3, -0.25) is 4.79 Å². The molecule has 1 unspecified atom stereocenters. The molecule has 1 aliphatic heterocycles. The number of hydrogen-bond donors (Lipinski definition) is 2. The van der Waals surface area contributed by atoms with Crippen molar-refractivity contribution in [1.82, 2.24) is 0 Å². The van der Waals surface area contributed by atoms with Gasteiger partial charge in [-0.15, -0.1) is 0 Å². The zero-order chi connectivity index (χ0) is 19.0. The van der Waals surface area contributed by atoms with Crippen molar-refractivity contribution in [1.29, 1.82) is 0 Å². The fraction of sp³-hybridized carbons (Fsp3) is 0.0952. The largest absolute Gasteiger partial charge is 0.367 e. The molecular weight excluding hydrogens is 403 g/mol. The molecule has 6 heteroatoms. The molecule has 0 saturated carbocycles. The van der Waals surface area contributed by atoms with Crippen LogP contribution < -0.4 is 10.6 Å². The number of benzene rings is 3. The predicted molar refractivity (Wildman–Crippen MR) is 112 cm³/mol. The lowest BCUT2D eigenvalue weighted by Crippen LogP contribution is -2.44. The molecule has 4 rings (SSSR count). The second kappa shape index (κ2) is 7.08. The van der Waals surface area contributed by atoms with Gasteiger partial charge in [0.05, 0.1) is 0 Å². The minimum Gasteiger partial charge on any atom is -0.367 e. The SMILES string of the molecule is O=C1Nc2cc(Cl)ccc2C1(Cc1cccc(Cl)c1)Nc1ccc(Cl)cc1. The molecule has 136 valence electrons. The first kappa shape index (κ1) is 18.2. The van der Waals surface area contributed by atoms with Crippen molar-refractivity contribution < 1.29 is 4.79 Å². The molecule has 27 heavy (non-hydrogen) atoms. The number of carbonyl (C=O) groups excluding carboxylic acids is 1. The summed E-state index contributed by atoms with van der Waals surface area (Å²) in [5.41, 5.74) is 2.29. The molecule has 3 aromatic rings. The Hall–Kier alpha value is -2.20. The van der Waals surface area contributed by atoms with Crippen LogP contribution in [0, 0.1) is 0 Å². The van der Waals surface area contributed by atoms with Crippen molar-refractivity contribution in [2.75, 3.05) is 10.6 Å². The highest BCUT2D eigenvalue weighted by Crippen LogP contribution is 2.42. The van der Waals surface area contributed by atoms with Crippen molar-refractivity contribution >= 4 is 52.1 Å². The van der Waals surface area contributed by atoms with Crippen LogP contribution in [-0.2, 0) is 16.8 Å². The van der Waals surface area contributed by atoms with Gasteiger partial charge in [0.25, 0.3) is 5.91 Å². The topological polar surface area (TPSA) is 41.1 Å². The molecule has 0 saturated heterocycles. The average Bonchev–Trinajstić information content (AvgIpc) is 2.88. The van der Waals surface area contributed by atoms with Crippen LogP contribution in [0.4, 0.5) is 11.4 Å². The standard InChI is InChI=1S/C21H15Cl3N2O/c22-14-4-7-17(8-5-14)26-21(12-13-2-1-3-15(23)10-13)18-9-6-16(24)11-19(18)25-20(21)27/h1-11,26H,12H2,(H,25,27). The number of nitrogens with one attached hydrogen (secondary N) is 2. The van der Waals surface area contributed by atoms with Crippen LogP contribution in [0.5, 0.6) is 0 Å². The van der Waals surface area contributed by atoms with Crippen LogP contribution in [0.3, 0.4) is 0 Å². The van der Waals surface area contributed by atoms with E-state index in [9.17, 15) is 4.79 Å². The van der Waals surface area contributed by atoms with E-state index < -0.39 is 5.54 Å². The van der Waals surface area contributed by atoms with Crippen LogP contribution >= 0.6 is 34.8 Å². The molecule has 0 bridgehead atoms. The summed E-state index contributed by atoms with van der Waals surface area (Å²) in [5, 5.41) is 8.20. The maximum absolute atomic E-state index is 13.1. The van der Waals surface area contributed by atoms with Crippen LogP contribution in [-0.4, -0.2) is 5.91 Å². The lowest BCUT2D eigenvalue weighted by molar-refractivity contribution is -0.119. The van der Waals surface area contributed by atoms with E-state index in [0.717, 1.165) is 16.8 Å². The fourth-order valence-corrected chi connectivity index (χ4v) is 3.93. The van der Waals surface area contributed by atoms with Crippen molar-refractivity contribution in [2.24, 2.45) is 0 Å². The van der Waals surface area contributed by atoms with E-state index in [4.69, 9.17) is 34.8 Å². The first-order valence-electron chi connectivity index (χ1n) is 8.36. The third-order valence-corrected chi connectivity index (χ3v) is 5.36. The summed E-state index contributed by atoms with van der Waals surface area (Å²) in [7, 11) is 0. The summed E-state index contributed by atoms with van der Waals surface area (Å²) in [4.78, 5) is 13.1. The van der Waals surface area contributed by atoms with Crippen LogP contribution in [0.25, 0.3) is 0 Å². The Bertz CT molecular complexity index is 1020. The molecule has 1 atom stereocenters. The van der Waals surface area contributed by atoms with Gasteiger partial charge in [0.1, 0.15) is 5.54 Å². The van der Waals surface area contributed by atoms with Gasteiger partial charge in [0.2, 0.25) is 0 Å². The first-order valence-corrected chi connectivity index (χ1v) is 9.49. The quantitative estimate of drug-likeness (QED) is 0.534. The summed E-state index contributed by atoms with van der Waals surface area (Å²) in [6.45, 7) is 0. The summed E-state index contributed by atoms with van der Waals surface area (Å²) < 4.78 is 0. The molecule has 0 aliphatic carbocycles. The Morgan fingerprint density at radius 2 is 1.56 bits per heavy atom. The average molecular weight is 418 g/mol. The summed E-state index contributed by atoms with van der Waals surface area (Å²) in [6, 6.07) is 20.2. The first-order chi connectivity index (χ1) is 13.0. The zero-order valence-electron chi connectivity index (χ0n) is 14.1. The maximum Gasteiger partial charge on any atom is 0.255 e. The molecule has 0 spiro atoms. The van der Waals surface area contributed by atoms with Gasteiger partial charge in [-0.1, -0.05) is 53.0 Å². The van der Waals surface area contributed by atoms with Crippen molar-refractivity contribution in [2.45, 2.75) is 12.0 Å². The number of carbonyl (C=O) groups is 1. The molecule has 1 amide bonds. The molecule has 0 aromatic heterocycles. The molecule has 3 nitrogen and oxygen atoms in total. The predicted octanol–water partition coefficient (Wildman–Crippen LogP) is 6.15. The molecular formula is C21H15Cl3N2O. The number of anilines is 2. The highest BCUT2D eigenvalue weighted by molar-refractivity contribution is 6.31. The third-order valence-electron chi connectivity index (χ3n) is 4.64. The number of halogens is 3. The number of fused-ring (bicyclic) bond motifs is 1. The zero-order valence-corrected chi connectivity index (χ0v) is 16.4. The Labute approximate surface area is 172 Å². The van der Waals surface area contributed by atoms with E-state index in [1.807, 2.05) is 42.5 Å². The van der Waals surface area contributed by atoms with Crippen molar-refractivity contribution in [3.8, 4) is 0 Å². The van der Waals surface area contributed by atoms with E-state index in [-0.39, 0.29) is 5.91 Å². The fourth-order valence-electron chi connectivity index (χ4n) is 3.42. The third kappa shape index (κ3) is 3.51. The Balaban J connectivity index is 1.82. The maximum atomic E-state index is 13.1. The van der Waals surface area contributed by atoms with Gasteiger partial charge < -0.3 is 10.6 Å². The molecule has 0 radical (unpaired) electrons. The summed E-state index contributed by atoms with van der Waals surface area (Å²) in [5.74, 6) is -0.144. The lowest BCUT2D eigenvalue weighted by atomic mass is 9.84. The van der Waals surface area contributed by atoms with E-state index in [0.29, 0.717) is 27.2 Å². The Morgan fingerprint density at radius 3 is 2.30 bits per heavy atom. The molecule has 2 N–H and O–H groups in total. The van der Waals surface area contributed by atoms with Gasteiger partial charge in [0, 0.05) is 38.4 Å². The van der Waals surface area contributed by atoms with E-state index in [2.05, 4.69) is 10.6 Å². The van der Waals surface area contributed by atoms with E-state index >= 15 is 0 Å². The van der Waals surface area contributed by atoms with E-state index in [1.165, 1.54) is 0 Å². The summed E-state index contributed by atoms with van der Waals surface area (Å²) in [6.07, 6.45) is 0.427. The number of rotatable bonds is 4. The van der Waals surface area contributed by atoms with Crippen molar-refractivity contribution in [3.05, 3.63) is 92.9 Å². The minimum absolute atomic E-state index is 0.144. The molecule has 3 aromatic carbocycles. The smallest absolute Gasteiger partial charge is 0.255 e. The molecule has 0 fully saturated rings. The molecule has 1 aliphatic rings. The van der Waals surface area contributed by atoms with Crippen LogP contribution in [0.1, 0.15) is 11.1 Å².